The van der Waals surface area contributed by atoms with Crippen LogP contribution in [0.15, 0.2) is 29.4 Å². The molecule has 0 bridgehead atoms. The van der Waals surface area contributed by atoms with Crippen LogP contribution in [-0.4, -0.2) is 78.4 Å². The van der Waals surface area contributed by atoms with Crippen LogP contribution in [0.5, 0.6) is 0 Å². The Morgan fingerprint density at radius 1 is 1.30 bits per heavy atom. The third kappa shape index (κ3) is 5.64. The van der Waals surface area contributed by atoms with Crippen molar-refractivity contribution in [3.05, 3.63) is 30.2 Å². The number of pyridine rings is 1. The number of methoxy groups -OCH3 is 1. The lowest BCUT2D eigenvalue weighted by molar-refractivity contribution is 0.128. The molecular weight excluding hydrogens is 342 g/mol. The molecule has 148 valence electrons. The van der Waals surface area contributed by atoms with Crippen LogP contribution >= 0.6 is 0 Å². The van der Waals surface area contributed by atoms with Crippen molar-refractivity contribution >= 4 is 11.6 Å². The number of likely N-dealkylation sites (tertiary alicyclic amines) is 1. The van der Waals surface area contributed by atoms with Crippen molar-refractivity contribution in [2.75, 3.05) is 46.9 Å². The third-order valence-electron chi connectivity index (χ3n) is 5.02. The van der Waals surface area contributed by atoms with Gasteiger partial charge in [-0.2, -0.15) is 0 Å². The van der Waals surface area contributed by atoms with E-state index in [1.807, 2.05) is 35.8 Å². The number of fused-ring (bicyclic) bond motifs is 1. The number of guanidine groups is 1. The van der Waals surface area contributed by atoms with Crippen LogP contribution in [0.4, 0.5) is 0 Å². The summed E-state index contributed by atoms with van der Waals surface area (Å²) in [5.74, 6) is 1.88. The number of piperidine rings is 1. The van der Waals surface area contributed by atoms with Crippen LogP contribution in [0.25, 0.3) is 5.65 Å². The van der Waals surface area contributed by atoms with Crippen LogP contribution < -0.4 is 10.6 Å². The number of rotatable bonds is 8. The molecule has 2 aromatic rings. The Hall–Kier alpha value is -2.19. The maximum Gasteiger partial charge on any atom is 0.191 e. The van der Waals surface area contributed by atoms with Crippen molar-refractivity contribution in [1.82, 2.24) is 30.1 Å². The van der Waals surface area contributed by atoms with Gasteiger partial charge >= 0.3 is 0 Å². The maximum absolute atomic E-state index is 5.16. The Kier molecular flexibility index (Phi) is 7.41. The molecule has 0 unspecified atom stereocenters. The van der Waals surface area contributed by atoms with E-state index in [4.69, 9.17) is 4.74 Å². The number of hydrogen-bond acceptors (Lipinski definition) is 5. The van der Waals surface area contributed by atoms with E-state index in [1.54, 1.807) is 7.11 Å². The van der Waals surface area contributed by atoms with Crippen LogP contribution in [0.3, 0.4) is 0 Å². The largest absolute Gasteiger partial charge is 0.383 e. The van der Waals surface area contributed by atoms with Crippen LogP contribution in [0, 0.1) is 0 Å². The third-order valence-corrected chi connectivity index (χ3v) is 5.02. The van der Waals surface area contributed by atoms with Gasteiger partial charge in [-0.3, -0.25) is 9.39 Å². The topological polar surface area (TPSA) is 79.1 Å². The molecule has 1 aliphatic heterocycles. The lowest BCUT2D eigenvalue weighted by Crippen LogP contribution is -2.49. The SMILES string of the molecule is CN=C(NCCCc1nnc2ccccn12)NC1CCN(CCOC)CC1. The molecular formula is C19H31N7O. The van der Waals surface area contributed by atoms with Crippen LogP contribution in [-0.2, 0) is 11.2 Å². The standard InChI is InChI=1S/C19H31N7O/c1-20-19(22-16-8-12-25(13-9-16)14-15-27-2)21-10-5-7-18-24-23-17-6-3-4-11-26(17)18/h3-4,6,11,16H,5,7-10,12-15H2,1-2H3,(H2,20,21,22). The van der Waals surface area contributed by atoms with E-state index in [1.165, 1.54) is 0 Å². The van der Waals surface area contributed by atoms with E-state index >= 15 is 0 Å². The molecule has 0 saturated carbocycles. The highest BCUT2D eigenvalue weighted by Crippen LogP contribution is 2.10. The fraction of sp³-hybridized carbons (Fsp3) is 0.632. The molecule has 8 nitrogen and oxygen atoms in total. The van der Waals surface area contributed by atoms with E-state index in [0.717, 1.165) is 75.9 Å². The smallest absolute Gasteiger partial charge is 0.191 e. The summed E-state index contributed by atoms with van der Waals surface area (Å²) in [7, 11) is 3.59. The first-order valence-electron chi connectivity index (χ1n) is 9.77. The Morgan fingerprint density at radius 2 is 2.15 bits per heavy atom. The Labute approximate surface area is 161 Å². The minimum absolute atomic E-state index is 0.482. The molecule has 0 radical (unpaired) electrons. The lowest BCUT2D eigenvalue weighted by atomic mass is 10.1. The van der Waals surface area contributed by atoms with Gasteiger partial charge in [-0.25, -0.2) is 0 Å². The molecule has 2 N–H and O–H groups in total. The van der Waals surface area contributed by atoms with E-state index in [-0.39, 0.29) is 0 Å². The molecule has 3 rings (SSSR count). The fourth-order valence-electron chi connectivity index (χ4n) is 3.42. The number of aryl methyl sites for hydroxylation is 1. The van der Waals surface area contributed by atoms with Gasteiger partial charge in [0.2, 0.25) is 0 Å². The zero-order valence-corrected chi connectivity index (χ0v) is 16.4. The van der Waals surface area contributed by atoms with E-state index in [0.29, 0.717) is 6.04 Å². The van der Waals surface area contributed by atoms with Gasteiger partial charge in [0.25, 0.3) is 0 Å². The molecule has 0 aromatic carbocycles. The van der Waals surface area contributed by atoms with Crippen molar-refractivity contribution in [3.63, 3.8) is 0 Å². The average Bonchev–Trinajstić information content (AvgIpc) is 3.13. The molecule has 0 spiro atoms. The Bertz CT molecular complexity index is 722. The highest BCUT2D eigenvalue weighted by molar-refractivity contribution is 5.79. The minimum atomic E-state index is 0.482. The van der Waals surface area contributed by atoms with Crippen molar-refractivity contribution in [1.29, 1.82) is 0 Å². The minimum Gasteiger partial charge on any atom is -0.383 e. The van der Waals surface area contributed by atoms with E-state index < -0.39 is 0 Å². The molecule has 0 atom stereocenters. The molecule has 8 heteroatoms. The fourth-order valence-corrected chi connectivity index (χ4v) is 3.42. The van der Waals surface area contributed by atoms with Crippen molar-refractivity contribution in [2.24, 2.45) is 4.99 Å². The second kappa shape index (κ2) is 10.2. The molecule has 0 aliphatic carbocycles. The first kappa shape index (κ1) is 19.6. The van der Waals surface area contributed by atoms with Gasteiger partial charge < -0.3 is 20.3 Å². The van der Waals surface area contributed by atoms with Crippen molar-refractivity contribution in [2.45, 2.75) is 31.7 Å². The normalized spacial score (nSPS) is 16.7. The van der Waals surface area contributed by atoms with E-state index in [9.17, 15) is 0 Å². The predicted molar refractivity (Wildman–Crippen MR) is 107 cm³/mol. The Balaban J connectivity index is 1.36. The van der Waals surface area contributed by atoms with Crippen molar-refractivity contribution < 1.29 is 4.74 Å². The highest BCUT2D eigenvalue weighted by atomic mass is 16.5. The highest BCUT2D eigenvalue weighted by Gasteiger charge is 2.19. The first-order valence-corrected chi connectivity index (χ1v) is 9.77. The number of aliphatic imine (C=N–C) groups is 1. The molecule has 3 heterocycles. The summed E-state index contributed by atoms with van der Waals surface area (Å²) >= 11 is 0. The lowest BCUT2D eigenvalue weighted by Gasteiger charge is -2.32. The van der Waals surface area contributed by atoms with Gasteiger partial charge in [0.1, 0.15) is 5.82 Å². The average molecular weight is 374 g/mol. The molecule has 2 aromatic heterocycles. The van der Waals surface area contributed by atoms with Crippen LogP contribution in [0.2, 0.25) is 0 Å². The maximum atomic E-state index is 5.16. The summed E-state index contributed by atoms with van der Waals surface area (Å²) in [5.41, 5.74) is 0.898. The second-order valence-corrected chi connectivity index (χ2v) is 6.90. The second-order valence-electron chi connectivity index (χ2n) is 6.90. The van der Waals surface area contributed by atoms with Gasteiger partial charge in [-0.05, 0) is 31.4 Å². The summed E-state index contributed by atoms with van der Waals surface area (Å²) in [6, 6.07) is 6.44. The number of ether oxygens (including phenoxy) is 1. The summed E-state index contributed by atoms with van der Waals surface area (Å²) in [6.07, 6.45) is 6.14. The molecule has 1 fully saturated rings. The zero-order valence-electron chi connectivity index (χ0n) is 16.4. The van der Waals surface area contributed by atoms with Gasteiger partial charge in [0, 0.05) is 59.0 Å². The molecule has 1 aliphatic rings. The number of aromatic nitrogens is 3. The summed E-state index contributed by atoms with van der Waals surface area (Å²) < 4.78 is 7.21. The number of nitrogens with zero attached hydrogens (tertiary/aromatic N) is 5. The predicted octanol–water partition coefficient (Wildman–Crippen LogP) is 0.938. The summed E-state index contributed by atoms with van der Waals surface area (Å²) in [4.78, 5) is 6.82. The quantitative estimate of drug-likeness (QED) is 0.407. The number of hydrogen-bond donors (Lipinski definition) is 2. The van der Waals surface area contributed by atoms with Gasteiger partial charge in [-0.15, -0.1) is 10.2 Å². The van der Waals surface area contributed by atoms with Gasteiger partial charge in [-0.1, -0.05) is 6.07 Å². The monoisotopic (exact) mass is 373 g/mol. The van der Waals surface area contributed by atoms with Crippen molar-refractivity contribution in [3.8, 4) is 0 Å². The summed E-state index contributed by atoms with van der Waals surface area (Å²) in [6.45, 7) is 4.90. The first-order chi connectivity index (χ1) is 13.3. The molecule has 0 amide bonds. The molecule has 1 saturated heterocycles. The van der Waals surface area contributed by atoms with Gasteiger partial charge in [0.05, 0.1) is 6.61 Å². The van der Waals surface area contributed by atoms with E-state index in [2.05, 4.69) is 30.7 Å². The Morgan fingerprint density at radius 3 is 2.93 bits per heavy atom. The zero-order chi connectivity index (χ0) is 18.9. The van der Waals surface area contributed by atoms with Crippen LogP contribution in [0.1, 0.15) is 25.1 Å². The molecule has 27 heavy (non-hydrogen) atoms. The summed E-state index contributed by atoms with van der Waals surface area (Å²) in [5, 5.41) is 15.4. The number of nitrogens with one attached hydrogen (secondary N) is 2. The van der Waals surface area contributed by atoms with Gasteiger partial charge in [0.15, 0.2) is 11.6 Å².